The van der Waals surface area contributed by atoms with E-state index >= 15 is 0 Å². The number of carboxylic acids is 1. The normalized spacial score (nSPS) is 11.3. The van der Waals surface area contributed by atoms with Crippen molar-refractivity contribution in [2.75, 3.05) is 5.43 Å². The number of hydrogen-bond donors (Lipinski definition) is 2. The molecule has 0 aromatic heterocycles. The average molecular weight is 323 g/mol. The number of carbonyl (C=O) groups is 1. The second-order valence-electron chi connectivity index (χ2n) is 4.32. The lowest BCUT2D eigenvalue weighted by Crippen LogP contribution is -2.02. The Bertz CT molecular complexity index is 697. The van der Waals surface area contributed by atoms with Crippen molar-refractivity contribution < 1.29 is 9.90 Å². The first-order chi connectivity index (χ1) is 9.97. The molecular formula is C15H12Cl2N2O2. The van der Waals surface area contributed by atoms with E-state index in [1.807, 2.05) is 19.1 Å². The van der Waals surface area contributed by atoms with E-state index in [2.05, 4.69) is 10.5 Å². The quantitative estimate of drug-likeness (QED) is 0.642. The molecule has 2 aromatic carbocycles. The van der Waals surface area contributed by atoms with Crippen LogP contribution >= 0.6 is 23.2 Å². The van der Waals surface area contributed by atoms with Gasteiger partial charge in [-0.05, 0) is 42.8 Å². The van der Waals surface area contributed by atoms with Crippen LogP contribution in [0.4, 0.5) is 5.69 Å². The molecule has 0 saturated heterocycles. The number of carboxylic acid groups (broad SMARTS) is 1. The van der Waals surface area contributed by atoms with Crippen molar-refractivity contribution >= 4 is 40.6 Å². The topological polar surface area (TPSA) is 61.7 Å². The van der Waals surface area contributed by atoms with Crippen LogP contribution in [0, 0.1) is 0 Å². The van der Waals surface area contributed by atoms with E-state index < -0.39 is 5.97 Å². The molecule has 0 radical (unpaired) electrons. The van der Waals surface area contributed by atoms with Gasteiger partial charge in [0.05, 0.1) is 22.0 Å². The molecule has 0 spiro atoms. The number of benzene rings is 2. The number of anilines is 1. The molecule has 6 heteroatoms. The van der Waals surface area contributed by atoms with E-state index in [1.54, 1.807) is 18.2 Å². The molecule has 4 nitrogen and oxygen atoms in total. The summed E-state index contributed by atoms with van der Waals surface area (Å²) in [6.45, 7) is 1.84. The molecule has 0 bridgehead atoms. The van der Waals surface area contributed by atoms with E-state index in [1.165, 1.54) is 12.1 Å². The lowest BCUT2D eigenvalue weighted by atomic mass is 10.1. The third-order valence-electron chi connectivity index (χ3n) is 2.81. The number of rotatable bonds is 4. The number of nitrogens with zero attached hydrogens (tertiary/aromatic N) is 1. The van der Waals surface area contributed by atoms with Crippen LogP contribution in [-0.4, -0.2) is 16.8 Å². The molecule has 0 unspecified atom stereocenters. The minimum absolute atomic E-state index is 0.0287. The minimum atomic E-state index is -1.08. The van der Waals surface area contributed by atoms with Gasteiger partial charge in [-0.25, -0.2) is 4.79 Å². The van der Waals surface area contributed by atoms with E-state index in [9.17, 15) is 4.79 Å². The summed E-state index contributed by atoms with van der Waals surface area (Å²) in [6, 6.07) is 11.9. The summed E-state index contributed by atoms with van der Waals surface area (Å²) < 4.78 is 0. The predicted octanol–water partition coefficient (Wildman–Crippen LogP) is 4.53. The highest BCUT2D eigenvalue weighted by Gasteiger charge is 2.09. The first-order valence-corrected chi connectivity index (χ1v) is 6.82. The van der Waals surface area contributed by atoms with Gasteiger partial charge >= 0.3 is 5.97 Å². The van der Waals surface area contributed by atoms with Crippen LogP contribution in [0.1, 0.15) is 22.8 Å². The molecule has 108 valence electrons. The molecule has 0 aliphatic carbocycles. The molecule has 0 amide bonds. The fourth-order valence-corrected chi connectivity index (χ4v) is 1.99. The summed E-state index contributed by atoms with van der Waals surface area (Å²) >= 11 is 11.6. The molecule has 0 atom stereocenters. The van der Waals surface area contributed by atoms with Gasteiger partial charge in [-0.2, -0.15) is 5.10 Å². The molecule has 0 heterocycles. The van der Waals surface area contributed by atoms with E-state index in [4.69, 9.17) is 28.3 Å². The Kier molecular flexibility index (Phi) is 4.83. The number of hydrazone groups is 1. The summed E-state index contributed by atoms with van der Waals surface area (Å²) in [7, 11) is 0. The van der Waals surface area contributed by atoms with Gasteiger partial charge in [-0.3, -0.25) is 5.43 Å². The summed E-state index contributed by atoms with van der Waals surface area (Å²) in [5.74, 6) is -1.08. The summed E-state index contributed by atoms with van der Waals surface area (Å²) in [4.78, 5) is 11.0. The minimum Gasteiger partial charge on any atom is -0.478 e. The van der Waals surface area contributed by atoms with Crippen molar-refractivity contribution in [2.24, 2.45) is 5.10 Å². The van der Waals surface area contributed by atoms with Crippen LogP contribution in [0.15, 0.2) is 47.6 Å². The molecule has 21 heavy (non-hydrogen) atoms. The third kappa shape index (κ3) is 3.97. The zero-order valence-electron chi connectivity index (χ0n) is 11.1. The van der Waals surface area contributed by atoms with Crippen LogP contribution in [0.25, 0.3) is 0 Å². The van der Waals surface area contributed by atoms with Gasteiger partial charge in [0.25, 0.3) is 0 Å². The zero-order valence-corrected chi connectivity index (χ0v) is 12.6. The molecule has 0 aliphatic heterocycles. The van der Waals surface area contributed by atoms with Crippen LogP contribution in [0.3, 0.4) is 0 Å². The van der Waals surface area contributed by atoms with Gasteiger partial charge in [0.15, 0.2) is 0 Å². The predicted molar refractivity (Wildman–Crippen MR) is 85.7 cm³/mol. The molecule has 2 aromatic rings. The lowest BCUT2D eigenvalue weighted by molar-refractivity contribution is 0.0697. The Balaban J connectivity index is 2.18. The first-order valence-electron chi connectivity index (χ1n) is 6.06. The second-order valence-corrected chi connectivity index (χ2v) is 5.16. The lowest BCUT2D eigenvalue weighted by Gasteiger charge is -2.06. The number of aromatic carboxylic acids is 1. The van der Waals surface area contributed by atoms with Crippen molar-refractivity contribution in [2.45, 2.75) is 6.92 Å². The van der Waals surface area contributed by atoms with Crippen molar-refractivity contribution in [1.29, 1.82) is 0 Å². The summed E-state index contributed by atoms with van der Waals surface area (Å²) in [6.07, 6.45) is 0. The molecule has 0 saturated carbocycles. The van der Waals surface area contributed by atoms with Crippen molar-refractivity contribution in [3.05, 3.63) is 63.6 Å². The van der Waals surface area contributed by atoms with Crippen LogP contribution in [0.5, 0.6) is 0 Å². The SMILES string of the molecule is C/C(=N/Nc1ccc(Cl)c(C(=O)O)c1)c1ccc(Cl)cc1. The van der Waals surface area contributed by atoms with E-state index in [-0.39, 0.29) is 10.6 Å². The number of halogens is 2. The third-order valence-corrected chi connectivity index (χ3v) is 3.39. The Morgan fingerprint density at radius 3 is 2.43 bits per heavy atom. The second kappa shape index (κ2) is 6.61. The van der Waals surface area contributed by atoms with E-state index in [0.29, 0.717) is 10.7 Å². The highest BCUT2D eigenvalue weighted by atomic mass is 35.5. The van der Waals surface area contributed by atoms with Gasteiger partial charge in [0, 0.05) is 5.02 Å². The smallest absolute Gasteiger partial charge is 0.337 e. The number of nitrogens with one attached hydrogen (secondary N) is 1. The van der Waals surface area contributed by atoms with Gasteiger partial charge < -0.3 is 5.11 Å². The summed E-state index contributed by atoms with van der Waals surface area (Å²) in [5, 5.41) is 14.1. The Hall–Kier alpha value is -2.04. The highest BCUT2D eigenvalue weighted by Crippen LogP contribution is 2.20. The zero-order chi connectivity index (χ0) is 15.4. The Morgan fingerprint density at radius 1 is 1.14 bits per heavy atom. The molecule has 0 aliphatic rings. The largest absolute Gasteiger partial charge is 0.478 e. The average Bonchev–Trinajstić information content (AvgIpc) is 2.46. The first kappa shape index (κ1) is 15.4. The highest BCUT2D eigenvalue weighted by molar-refractivity contribution is 6.33. The van der Waals surface area contributed by atoms with Crippen molar-refractivity contribution in [3.8, 4) is 0 Å². The van der Waals surface area contributed by atoms with Gasteiger partial charge in [-0.15, -0.1) is 0 Å². The maximum atomic E-state index is 11.0. The fraction of sp³-hybridized carbons (Fsp3) is 0.0667. The maximum absolute atomic E-state index is 11.0. The van der Waals surface area contributed by atoms with Crippen molar-refractivity contribution in [1.82, 2.24) is 0 Å². The van der Waals surface area contributed by atoms with E-state index in [0.717, 1.165) is 11.3 Å². The standard InChI is InChI=1S/C15H12Cl2N2O2/c1-9(10-2-4-11(16)5-3-10)18-19-12-6-7-14(17)13(8-12)15(20)21/h2-8,19H,1H3,(H,20,21)/b18-9-. The fourth-order valence-electron chi connectivity index (χ4n) is 1.66. The van der Waals surface area contributed by atoms with Gasteiger partial charge in [0.2, 0.25) is 0 Å². The molecular weight excluding hydrogens is 311 g/mol. The molecule has 2 N–H and O–H groups in total. The number of hydrogen-bond acceptors (Lipinski definition) is 3. The van der Waals surface area contributed by atoms with Crippen LogP contribution in [0.2, 0.25) is 10.0 Å². The van der Waals surface area contributed by atoms with Crippen LogP contribution < -0.4 is 5.43 Å². The maximum Gasteiger partial charge on any atom is 0.337 e. The Morgan fingerprint density at radius 2 is 1.81 bits per heavy atom. The molecule has 0 fully saturated rings. The monoisotopic (exact) mass is 322 g/mol. The van der Waals surface area contributed by atoms with Gasteiger partial charge in [-0.1, -0.05) is 35.3 Å². The molecule has 2 rings (SSSR count). The summed E-state index contributed by atoms with van der Waals surface area (Å²) in [5.41, 5.74) is 5.05. The Labute approximate surface area is 132 Å². The van der Waals surface area contributed by atoms with Gasteiger partial charge in [0.1, 0.15) is 0 Å². The van der Waals surface area contributed by atoms with Crippen molar-refractivity contribution in [3.63, 3.8) is 0 Å². The van der Waals surface area contributed by atoms with Crippen LogP contribution in [-0.2, 0) is 0 Å².